The number of rotatable bonds is 4. The van der Waals surface area contributed by atoms with Crippen LogP contribution in [0.2, 0.25) is 5.02 Å². The van der Waals surface area contributed by atoms with E-state index >= 15 is 0 Å². The van der Waals surface area contributed by atoms with Crippen LogP contribution >= 0.6 is 11.6 Å². The summed E-state index contributed by atoms with van der Waals surface area (Å²) >= 11 is 5.85. The fraction of sp³-hybridized carbons (Fsp3) is 0.231. The Labute approximate surface area is 116 Å². The third kappa shape index (κ3) is 4.30. The third-order valence-corrected chi connectivity index (χ3v) is 2.72. The number of hydrogen-bond acceptors (Lipinski definition) is 2. The van der Waals surface area contributed by atoms with Crippen molar-refractivity contribution in [3.63, 3.8) is 0 Å². The minimum Gasteiger partial charge on any atom is -0.334 e. The highest BCUT2D eigenvalue weighted by Gasteiger charge is 2.08. The van der Waals surface area contributed by atoms with Gasteiger partial charge in [0, 0.05) is 29.1 Å². The molecule has 0 aliphatic heterocycles. The van der Waals surface area contributed by atoms with E-state index in [0.29, 0.717) is 17.3 Å². The van der Waals surface area contributed by atoms with Crippen LogP contribution < -0.4 is 10.6 Å². The lowest BCUT2D eigenvalue weighted by molar-refractivity contribution is 0.247. The maximum Gasteiger partial charge on any atom is 0.319 e. The van der Waals surface area contributed by atoms with Crippen LogP contribution in [0, 0.1) is 0 Å². The van der Waals surface area contributed by atoms with E-state index in [9.17, 15) is 4.79 Å². The summed E-state index contributed by atoms with van der Waals surface area (Å²) in [6, 6.07) is 8.57. The molecular weight excluding hydrogens is 264 g/mol. The number of nitrogens with zero attached hydrogens (tertiary/aromatic N) is 2. The number of nitrogens with one attached hydrogen (secondary N) is 2. The van der Waals surface area contributed by atoms with Gasteiger partial charge in [-0.1, -0.05) is 17.7 Å². The molecular formula is C13H15ClN4O. The molecule has 0 fully saturated rings. The second-order valence-electron chi connectivity index (χ2n) is 4.24. The van der Waals surface area contributed by atoms with Crippen LogP contribution in [0.25, 0.3) is 0 Å². The lowest BCUT2D eigenvalue weighted by Crippen LogP contribution is -2.38. The zero-order valence-corrected chi connectivity index (χ0v) is 11.3. The van der Waals surface area contributed by atoms with E-state index in [0.717, 1.165) is 0 Å². The summed E-state index contributed by atoms with van der Waals surface area (Å²) in [5, 5.41) is 10.2. The first-order valence-electron chi connectivity index (χ1n) is 5.94. The number of urea groups is 1. The van der Waals surface area contributed by atoms with Gasteiger partial charge in [-0.3, -0.25) is 4.68 Å². The quantitative estimate of drug-likeness (QED) is 0.903. The van der Waals surface area contributed by atoms with Gasteiger partial charge < -0.3 is 10.6 Å². The fourth-order valence-corrected chi connectivity index (χ4v) is 1.88. The van der Waals surface area contributed by atoms with E-state index < -0.39 is 0 Å². The number of amides is 2. The van der Waals surface area contributed by atoms with E-state index in [1.165, 1.54) is 0 Å². The summed E-state index contributed by atoms with van der Waals surface area (Å²) in [7, 11) is 0. The van der Waals surface area contributed by atoms with Crippen molar-refractivity contribution in [1.29, 1.82) is 0 Å². The number of aromatic nitrogens is 2. The Morgan fingerprint density at radius 1 is 1.47 bits per heavy atom. The van der Waals surface area contributed by atoms with Gasteiger partial charge in [0.05, 0.1) is 6.54 Å². The minimum absolute atomic E-state index is 0.0286. The maximum absolute atomic E-state index is 11.8. The highest BCUT2D eigenvalue weighted by Crippen LogP contribution is 2.14. The zero-order chi connectivity index (χ0) is 13.7. The number of benzene rings is 1. The SMILES string of the molecule is C[C@@H](Cn1cccn1)NC(=O)Nc1cccc(Cl)c1. The van der Waals surface area contributed by atoms with Crippen LogP contribution in [-0.2, 0) is 6.54 Å². The first-order valence-corrected chi connectivity index (χ1v) is 6.32. The minimum atomic E-state index is -0.262. The second kappa shape index (κ2) is 6.24. The molecule has 1 aromatic heterocycles. The maximum atomic E-state index is 11.8. The van der Waals surface area contributed by atoms with Crippen LogP contribution in [0.5, 0.6) is 0 Å². The van der Waals surface area contributed by atoms with Crippen molar-refractivity contribution >= 4 is 23.3 Å². The molecule has 6 heteroatoms. The molecule has 2 aromatic rings. The smallest absolute Gasteiger partial charge is 0.319 e. The largest absolute Gasteiger partial charge is 0.334 e. The van der Waals surface area contributed by atoms with Gasteiger partial charge in [0.1, 0.15) is 0 Å². The third-order valence-electron chi connectivity index (χ3n) is 2.48. The molecule has 0 aliphatic carbocycles. The average molecular weight is 279 g/mol. The van der Waals surface area contributed by atoms with Crippen molar-refractivity contribution in [3.05, 3.63) is 47.7 Å². The first kappa shape index (κ1) is 13.4. The molecule has 2 N–H and O–H groups in total. The molecule has 5 nitrogen and oxygen atoms in total. The normalized spacial score (nSPS) is 11.9. The van der Waals surface area contributed by atoms with Crippen LogP contribution in [0.4, 0.5) is 10.5 Å². The summed E-state index contributed by atoms with van der Waals surface area (Å²) < 4.78 is 1.77. The standard InChI is InChI=1S/C13H15ClN4O/c1-10(9-18-7-3-6-15-18)16-13(19)17-12-5-2-4-11(14)8-12/h2-8,10H,9H2,1H3,(H2,16,17,19)/t10-/m0/s1. The van der Waals surface area contributed by atoms with Gasteiger partial charge in [-0.25, -0.2) is 4.79 Å². The van der Waals surface area contributed by atoms with Crippen molar-refractivity contribution in [2.45, 2.75) is 19.5 Å². The number of anilines is 1. The summed E-state index contributed by atoms with van der Waals surface area (Å²) in [6.07, 6.45) is 3.56. The molecule has 1 atom stereocenters. The van der Waals surface area contributed by atoms with E-state index in [-0.39, 0.29) is 12.1 Å². The highest BCUT2D eigenvalue weighted by atomic mass is 35.5. The predicted octanol–water partition coefficient (Wildman–Crippen LogP) is 2.75. The number of carbonyl (C=O) groups is 1. The van der Waals surface area contributed by atoms with E-state index in [2.05, 4.69) is 15.7 Å². The van der Waals surface area contributed by atoms with Gasteiger partial charge in [-0.2, -0.15) is 5.10 Å². The molecule has 0 aliphatic rings. The molecule has 100 valence electrons. The van der Waals surface area contributed by atoms with Crippen LogP contribution in [0.15, 0.2) is 42.7 Å². The Kier molecular flexibility index (Phi) is 4.41. The fourth-order valence-electron chi connectivity index (χ4n) is 1.69. The van der Waals surface area contributed by atoms with Crippen molar-refractivity contribution in [2.24, 2.45) is 0 Å². The monoisotopic (exact) mass is 278 g/mol. The van der Waals surface area contributed by atoms with E-state index in [4.69, 9.17) is 11.6 Å². The Morgan fingerprint density at radius 3 is 3.00 bits per heavy atom. The number of carbonyl (C=O) groups excluding carboxylic acids is 1. The lowest BCUT2D eigenvalue weighted by atomic mass is 10.3. The summed E-state index contributed by atoms with van der Waals surface area (Å²) in [4.78, 5) is 11.8. The molecule has 2 amide bonds. The van der Waals surface area contributed by atoms with Gasteiger partial charge in [-0.05, 0) is 31.2 Å². The second-order valence-corrected chi connectivity index (χ2v) is 4.67. The molecule has 0 radical (unpaired) electrons. The Hall–Kier alpha value is -2.01. The molecule has 0 saturated carbocycles. The molecule has 0 unspecified atom stereocenters. The zero-order valence-electron chi connectivity index (χ0n) is 10.5. The van der Waals surface area contributed by atoms with Crippen LogP contribution in [-0.4, -0.2) is 21.9 Å². The van der Waals surface area contributed by atoms with Gasteiger partial charge in [0.15, 0.2) is 0 Å². The molecule has 1 heterocycles. The summed E-state index contributed by atoms with van der Waals surface area (Å²) in [5.41, 5.74) is 0.663. The molecule has 0 saturated heterocycles. The highest BCUT2D eigenvalue weighted by molar-refractivity contribution is 6.30. The first-order chi connectivity index (χ1) is 9.13. The Bertz CT molecular complexity index is 541. The molecule has 2 rings (SSSR count). The van der Waals surface area contributed by atoms with Gasteiger partial charge in [0.2, 0.25) is 0 Å². The molecule has 1 aromatic carbocycles. The van der Waals surface area contributed by atoms with Gasteiger partial charge in [0.25, 0.3) is 0 Å². The van der Waals surface area contributed by atoms with Crippen molar-refractivity contribution in [1.82, 2.24) is 15.1 Å². The van der Waals surface area contributed by atoms with Crippen molar-refractivity contribution < 1.29 is 4.79 Å². The number of halogens is 1. The predicted molar refractivity (Wildman–Crippen MR) is 75.3 cm³/mol. The Morgan fingerprint density at radius 2 is 2.32 bits per heavy atom. The molecule has 19 heavy (non-hydrogen) atoms. The van der Waals surface area contributed by atoms with Crippen molar-refractivity contribution in [3.8, 4) is 0 Å². The summed E-state index contributed by atoms with van der Waals surface area (Å²) in [5.74, 6) is 0. The van der Waals surface area contributed by atoms with Gasteiger partial charge >= 0.3 is 6.03 Å². The summed E-state index contributed by atoms with van der Waals surface area (Å²) in [6.45, 7) is 2.54. The van der Waals surface area contributed by atoms with E-state index in [1.54, 1.807) is 35.1 Å². The molecule has 0 spiro atoms. The topological polar surface area (TPSA) is 59.0 Å². The Balaban J connectivity index is 1.84. The van der Waals surface area contributed by atoms with E-state index in [1.807, 2.05) is 19.2 Å². The number of hydrogen-bond donors (Lipinski definition) is 2. The molecule has 0 bridgehead atoms. The average Bonchev–Trinajstić information content (AvgIpc) is 2.81. The van der Waals surface area contributed by atoms with Crippen LogP contribution in [0.3, 0.4) is 0 Å². The van der Waals surface area contributed by atoms with Crippen LogP contribution in [0.1, 0.15) is 6.92 Å². The van der Waals surface area contributed by atoms with Crippen molar-refractivity contribution in [2.75, 3.05) is 5.32 Å². The van der Waals surface area contributed by atoms with Gasteiger partial charge in [-0.15, -0.1) is 0 Å². The lowest BCUT2D eigenvalue weighted by Gasteiger charge is -2.14.